The Morgan fingerprint density at radius 1 is 0.966 bits per heavy atom. The molecule has 5 rings (SSSR count). The zero-order valence-electron chi connectivity index (χ0n) is 15.9. The fourth-order valence-electron chi connectivity index (χ4n) is 4.98. The molecular formula is C23H20N2O4. The van der Waals surface area contributed by atoms with Gasteiger partial charge in [0.1, 0.15) is 5.75 Å². The van der Waals surface area contributed by atoms with E-state index in [2.05, 4.69) is 6.07 Å². The first-order valence-electron chi connectivity index (χ1n) is 9.66. The maximum Gasteiger partial charge on any atom is 0.239 e. The van der Waals surface area contributed by atoms with Crippen LogP contribution in [0.25, 0.3) is 0 Å². The largest absolute Gasteiger partial charge is 0.508 e. The average Bonchev–Trinajstić information content (AvgIpc) is 3.06. The molecule has 2 aromatic rings. The number of nitrogens with zero attached hydrogens (tertiary/aromatic N) is 2. The van der Waals surface area contributed by atoms with Crippen molar-refractivity contribution in [2.45, 2.75) is 25.6 Å². The van der Waals surface area contributed by atoms with E-state index in [9.17, 15) is 19.5 Å². The zero-order chi connectivity index (χ0) is 20.3. The number of anilines is 1. The molecule has 2 aromatic carbocycles. The molecule has 0 saturated carbocycles. The van der Waals surface area contributed by atoms with E-state index >= 15 is 0 Å². The first-order chi connectivity index (χ1) is 14.0. The van der Waals surface area contributed by atoms with Gasteiger partial charge in [0.15, 0.2) is 5.78 Å². The lowest BCUT2D eigenvalue weighted by molar-refractivity contribution is -0.129. The molecule has 4 atom stereocenters. The zero-order valence-corrected chi connectivity index (χ0v) is 15.9. The first kappa shape index (κ1) is 17.8. The van der Waals surface area contributed by atoms with Crippen LogP contribution in [0.4, 0.5) is 5.69 Å². The van der Waals surface area contributed by atoms with Gasteiger partial charge in [0, 0.05) is 18.7 Å². The van der Waals surface area contributed by atoms with Gasteiger partial charge in [-0.15, -0.1) is 0 Å². The highest BCUT2D eigenvalue weighted by atomic mass is 16.3. The number of amides is 2. The lowest BCUT2D eigenvalue weighted by atomic mass is 9.90. The van der Waals surface area contributed by atoms with Crippen LogP contribution in [0.2, 0.25) is 0 Å². The maximum atomic E-state index is 13.3. The van der Waals surface area contributed by atoms with Gasteiger partial charge in [0.2, 0.25) is 11.8 Å². The van der Waals surface area contributed by atoms with E-state index in [0.717, 1.165) is 16.0 Å². The minimum Gasteiger partial charge on any atom is -0.508 e. The molecule has 2 fully saturated rings. The molecule has 2 saturated heterocycles. The van der Waals surface area contributed by atoms with E-state index in [4.69, 9.17) is 0 Å². The van der Waals surface area contributed by atoms with E-state index in [1.165, 1.54) is 18.2 Å². The molecule has 0 aliphatic carbocycles. The molecule has 3 aliphatic heterocycles. The Morgan fingerprint density at radius 2 is 1.72 bits per heavy atom. The Balaban J connectivity index is 1.52. The van der Waals surface area contributed by atoms with Crippen molar-refractivity contribution in [2.24, 2.45) is 11.8 Å². The molecule has 0 radical (unpaired) electrons. The normalized spacial score (nSPS) is 28.3. The van der Waals surface area contributed by atoms with Crippen molar-refractivity contribution in [3.05, 3.63) is 71.8 Å². The summed E-state index contributed by atoms with van der Waals surface area (Å²) in [6, 6.07) is 13.2. The molecule has 2 bridgehead atoms. The fourth-order valence-corrected chi connectivity index (χ4v) is 4.98. The summed E-state index contributed by atoms with van der Waals surface area (Å²) in [6.45, 7) is 2.51. The van der Waals surface area contributed by atoms with Crippen LogP contribution in [0.15, 0.2) is 60.7 Å². The number of fused-ring (bicyclic) bond motifs is 5. The summed E-state index contributed by atoms with van der Waals surface area (Å²) in [5.74, 6) is -2.14. The van der Waals surface area contributed by atoms with E-state index in [1.54, 1.807) is 18.2 Å². The number of carbonyl (C=O) groups is 3. The van der Waals surface area contributed by atoms with Crippen molar-refractivity contribution in [1.29, 1.82) is 0 Å². The number of rotatable bonds is 3. The second-order valence-corrected chi connectivity index (χ2v) is 7.94. The van der Waals surface area contributed by atoms with Gasteiger partial charge in [-0.1, -0.05) is 42.0 Å². The van der Waals surface area contributed by atoms with Gasteiger partial charge in [-0.25, -0.2) is 4.90 Å². The van der Waals surface area contributed by atoms with Crippen molar-refractivity contribution in [3.63, 3.8) is 0 Å². The third-order valence-electron chi connectivity index (χ3n) is 6.13. The van der Waals surface area contributed by atoms with Crippen LogP contribution in [0, 0.1) is 18.8 Å². The molecule has 29 heavy (non-hydrogen) atoms. The van der Waals surface area contributed by atoms with Gasteiger partial charge in [0.05, 0.1) is 23.6 Å². The van der Waals surface area contributed by atoms with Gasteiger partial charge >= 0.3 is 0 Å². The number of hydrogen-bond donors (Lipinski definition) is 1. The van der Waals surface area contributed by atoms with Crippen LogP contribution in [-0.4, -0.2) is 39.7 Å². The Hall–Kier alpha value is -3.25. The Bertz CT molecular complexity index is 1070. The maximum absolute atomic E-state index is 13.3. The third kappa shape index (κ3) is 2.63. The smallest absolute Gasteiger partial charge is 0.239 e. The number of phenolic OH excluding ortho intramolecular Hbond substituents is 1. The Labute approximate surface area is 168 Å². The van der Waals surface area contributed by atoms with Crippen LogP contribution in [0.5, 0.6) is 5.75 Å². The number of phenols is 1. The summed E-state index contributed by atoms with van der Waals surface area (Å²) < 4.78 is 0. The van der Waals surface area contributed by atoms with Gasteiger partial charge in [-0.2, -0.15) is 0 Å². The molecule has 6 nitrogen and oxygen atoms in total. The number of aryl methyl sites for hydroxylation is 1. The quantitative estimate of drug-likeness (QED) is 0.816. The minimum atomic E-state index is -0.706. The molecule has 3 aliphatic rings. The Morgan fingerprint density at radius 3 is 2.48 bits per heavy atom. The van der Waals surface area contributed by atoms with Crippen molar-refractivity contribution in [3.8, 4) is 5.75 Å². The van der Waals surface area contributed by atoms with E-state index in [1.807, 2.05) is 30.0 Å². The molecule has 0 spiro atoms. The van der Waals surface area contributed by atoms with Crippen molar-refractivity contribution in [1.82, 2.24) is 4.90 Å². The fraction of sp³-hybridized carbons (Fsp3) is 0.261. The monoisotopic (exact) mass is 388 g/mol. The van der Waals surface area contributed by atoms with E-state index in [0.29, 0.717) is 12.2 Å². The van der Waals surface area contributed by atoms with Crippen LogP contribution in [0.1, 0.15) is 11.1 Å². The summed E-state index contributed by atoms with van der Waals surface area (Å²) in [4.78, 5) is 42.4. The standard InChI is InChI=1S/C23H20N2O4/c1-13-4-2-5-14(10-13)12-24-17-8-9-18(27)21(24)20-19(17)22(28)25(23(20)29)15-6-3-7-16(26)11-15/h2-11,17,19-21,26H,12H2,1H3. The molecule has 3 heterocycles. The third-order valence-corrected chi connectivity index (χ3v) is 6.13. The highest BCUT2D eigenvalue weighted by molar-refractivity contribution is 6.24. The van der Waals surface area contributed by atoms with Crippen molar-refractivity contribution in [2.75, 3.05) is 4.90 Å². The highest BCUT2D eigenvalue weighted by Gasteiger charge is 2.64. The predicted octanol–water partition coefficient (Wildman–Crippen LogP) is 2.20. The second kappa shape index (κ2) is 6.39. The number of ketones is 1. The van der Waals surface area contributed by atoms with Gasteiger partial charge < -0.3 is 5.11 Å². The van der Waals surface area contributed by atoms with Crippen LogP contribution in [-0.2, 0) is 20.9 Å². The van der Waals surface area contributed by atoms with Crippen LogP contribution in [0.3, 0.4) is 0 Å². The number of hydrogen-bond acceptors (Lipinski definition) is 5. The number of aromatic hydroxyl groups is 1. The predicted molar refractivity (Wildman–Crippen MR) is 106 cm³/mol. The summed E-state index contributed by atoms with van der Waals surface area (Å²) in [6.07, 6.45) is 3.27. The SMILES string of the molecule is Cc1cccc(CN2C3C=CC(=O)C2C2C(=O)N(c4cccc(O)c4)C(=O)C23)c1. The summed E-state index contributed by atoms with van der Waals surface area (Å²) in [5, 5.41) is 9.76. The van der Waals surface area contributed by atoms with E-state index < -0.39 is 17.9 Å². The van der Waals surface area contributed by atoms with E-state index in [-0.39, 0.29) is 29.4 Å². The first-order valence-corrected chi connectivity index (χ1v) is 9.66. The second-order valence-electron chi connectivity index (χ2n) is 7.94. The van der Waals surface area contributed by atoms with Crippen molar-refractivity contribution >= 4 is 23.3 Å². The average molecular weight is 388 g/mol. The molecule has 4 unspecified atom stereocenters. The molecular weight excluding hydrogens is 368 g/mol. The van der Waals surface area contributed by atoms with Gasteiger partial charge in [-0.05, 0) is 30.7 Å². The topological polar surface area (TPSA) is 77.9 Å². The Kier molecular flexibility index (Phi) is 3.93. The lowest BCUT2D eigenvalue weighted by Crippen LogP contribution is -2.48. The number of imide groups is 1. The summed E-state index contributed by atoms with van der Waals surface area (Å²) in [7, 11) is 0. The highest BCUT2D eigenvalue weighted by Crippen LogP contribution is 2.47. The van der Waals surface area contributed by atoms with Crippen LogP contribution >= 0.6 is 0 Å². The summed E-state index contributed by atoms with van der Waals surface area (Å²) in [5.41, 5.74) is 2.51. The molecule has 146 valence electrons. The number of carbonyl (C=O) groups excluding carboxylic acids is 3. The molecule has 6 heteroatoms. The lowest BCUT2D eigenvalue weighted by Gasteiger charge is -2.33. The summed E-state index contributed by atoms with van der Waals surface area (Å²) >= 11 is 0. The molecule has 0 aromatic heterocycles. The molecule has 1 N–H and O–H groups in total. The number of benzene rings is 2. The van der Waals surface area contributed by atoms with Crippen LogP contribution < -0.4 is 4.90 Å². The van der Waals surface area contributed by atoms with Crippen molar-refractivity contribution < 1.29 is 19.5 Å². The minimum absolute atomic E-state index is 0.0163. The molecule has 2 amide bonds. The van der Waals surface area contributed by atoms with Gasteiger partial charge in [-0.3, -0.25) is 19.3 Å². The van der Waals surface area contributed by atoms with Gasteiger partial charge in [0.25, 0.3) is 0 Å².